The van der Waals surface area contributed by atoms with E-state index in [9.17, 15) is 0 Å². The molecular weight excluding hydrogens is 274 g/mol. The molecule has 1 aliphatic carbocycles. The highest BCUT2D eigenvalue weighted by Gasteiger charge is 2.25. The first-order valence-corrected chi connectivity index (χ1v) is 7.56. The molecule has 1 nitrogen and oxygen atoms in total. The zero-order valence-corrected chi connectivity index (χ0v) is 12.0. The molecule has 0 aromatic heterocycles. The molecule has 0 radical (unpaired) electrons. The Balaban J connectivity index is 2.22. The Labute approximate surface area is 113 Å². The zero-order valence-electron chi connectivity index (χ0n) is 10.4. The summed E-state index contributed by atoms with van der Waals surface area (Å²) in [5, 5.41) is 0. The molecule has 1 fully saturated rings. The first kappa shape index (κ1) is 13.1. The van der Waals surface area contributed by atoms with Gasteiger partial charge in [0, 0.05) is 4.47 Å². The number of nitrogens with two attached hydrogens (primary N) is 1. The number of hydrogen-bond acceptors (Lipinski definition) is 1. The van der Waals surface area contributed by atoms with Crippen molar-refractivity contribution in [1.82, 2.24) is 0 Å². The van der Waals surface area contributed by atoms with Crippen molar-refractivity contribution < 1.29 is 0 Å². The molecule has 2 heteroatoms. The molecule has 0 aliphatic heterocycles. The van der Waals surface area contributed by atoms with Crippen molar-refractivity contribution in [2.75, 3.05) is 6.54 Å². The third kappa shape index (κ3) is 3.32. The molecule has 0 heterocycles. The summed E-state index contributed by atoms with van der Waals surface area (Å²) in [4.78, 5) is 0. The lowest BCUT2D eigenvalue weighted by Gasteiger charge is -2.26. The summed E-state index contributed by atoms with van der Waals surface area (Å²) in [6.07, 6.45) is 7.99. The van der Waals surface area contributed by atoms with Crippen molar-refractivity contribution in [3.63, 3.8) is 0 Å². The summed E-state index contributed by atoms with van der Waals surface area (Å²) in [6, 6.07) is 8.70. The summed E-state index contributed by atoms with van der Waals surface area (Å²) in [5.41, 5.74) is 7.27. The molecule has 0 spiro atoms. The van der Waals surface area contributed by atoms with Gasteiger partial charge < -0.3 is 5.73 Å². The van der Waals surface area contributed by atoms with E-state index in [1.807, 2.05) is 0 Å². The van der Waals surface area contributed by atoms with Gasteiger partial charge in [0.25, 0.3) is 0 Å². The Kier molecular flexibility index (Phi) is 5.05. The van der Waals surface area contributed by atoms with Crippen molar-refractivity contribution in [3.05, 3.63) is 34.3 Å². The van der Waals surface area contributed by atoms with Crippen LogP contribution in [0.1, 0.15) is 50.0 Å². The Bertz CT molecular complexity index is 351. The van der Waals surface area contributed by atoms with Crippen molar-refractivity contribution in [1.29, 1.82) is 0 Å². The van der Waals surface area contributed by atoms with Gasteiger partial charge in [-0.2, -0.15) is 0 Å². The van der Waals surface area contributed by atoms with Gasteiger partial charge in [-0.05, 0) is 49.3 Å². The molecule has 0 saturated heterocycles. The highest BCUT2D eigenvalue weighted by molar-refractivity contribution is 9.10. The molecule has 0 amide bonds. The Hall–Kier alpha value is -0.340. The maximum atomic E-state index is 5.78. The van der Waals surface area contributed by atoms with Crippen molar-refractivity contribution in [2.45, 2.75) is 44.4 Å². The second-order valence-corrected chi connectivity index (χ2v) is 5.96. The van der Waals surface area contributed by atoms with Crippen LogP contribution in [0.4, 0.5) is 0 Å². The molecule has 1 aromatic rings. The summed E-state index contributed by atoms with van der Waals surface area (Å²) in [6.45, 7) is 0.825. The van der Waals surface area contributed by atoms with E-state index < -0.39 is 0 Å². The predicted octanol–water partition coefficient (Wildman–Crippen LogP) is 4.46. The molecule has 1 saturated carbocycles. The third-order valence-electron chi connectivity index (χ3n) is 4.00. The van der Waals surface area contributed by atoms with Gasteiger partial charge in [0.15, 0.2) is 0 Å². The van der Waals surface area contributed by atoms with Crippen LogP contribution in [0.15, 0.2) is 28.7 Å². The number of benzene rings is 1. The Morgan fingerprint density at radius 2 is 1.88 bits per heavy atom. The van der Waals surface area contributed by atoms with Gasteiger partial charge in [0.1, 0.15) is 0 Å². The molecule has 1 aromatic carbocycles. The highest BCUT2D eigenvalue weighted by atomic mass is 79.9. The molecule has 2 atom stereocenters. The van der Waals surface area contributed by atoms with Crippen LogP contribution >= 0.6 is 15.9 Å². The topological polar surface area (TPSA) is 26.0 Å². The van der Waals surface area contributed by atoms with Crippen LogP contribution in [0, 0.1) is 5.92 Å². The van der Waals surface area contributed by atoms with Crippen molar-refractivity contribution >= 4 is 15.9 Å². The average Bonchev–Trinajstić information content (AvgIpc) is 2.56. The lowest BCUT2D eigenvalue weighted by Crippen LogP contribution is -2.16. The van der Waals surface area contributed by atoms with E-state index in [2.05, 4.69) is 40.2 Å². The van der Waals surface area contributed by atoms with Crippen LogP contribution in [-0.2, 0) is 0 Å². The molecular formula is C15H22BrN. The highest BCUT2D eigenvalue weighted by Crippen LogP contribution is 2.40. The standard InChI is InChI=1S/C15H22BrN/c16-15-9-5-4-8-14(15)13-7-3-1-2-6-12(13)10-11-17/h4-5,8-9,12-13H,1-3,6-7,10-11,17H2. The van der Waals surface area contributed by atoms with Gasteiger partial charge in [0.2, 0.25) is 0 Å². The molecule has 94 valence electrons. The summed E-state index contributed by atoms with van der Waals surface area (Å²) in [7, 11) is 0. The monoisotopic (exact) mass is 295 g/mol. The van der Waals surface area contributed by atoms with E-state index in [0.29, 0.717) is 5.92 Å². The van der Waals surface area contributed by atoms with E-state index in [4.69, 9.17) is 5.73 Å². The van der Waals surface area contributed by atoms with E-state index in [-0.39, 0.29) is 0 Å². The lowest BCUT2D eigenvalue weighted by atomic mass is 9.80. The Morgan fingerprint density at radius 1 is 1.12 bits per heavy atom. The van der Waals surface area contributed by atoms with Crippen LogP contribution < -0.4 is 5.73 Å². The van der Waals surface area contributed by atoms with Gasteiger partial charge in [-0.1, -0.05) is 53.4 Å². The van der Waals surface area contributed by atoms with Crippen LogP contribution in [0.2, 0.25) is 0 Å². The number of hydrogen-bond donors (Lipinski definition) is 1. The maximum absolute atomic E-state index is 5.78. The average molecular weight is 296 g/mol. The van der Waals surface area contributed by atoms with Crippen LogP contribution in [-0.4, -0.2) is 6.54 Å². The van der Waals surface area contributed by atoms with E-state index >= 15 is 0 Å². The largest absolute Gasteiger partial charge is 0.330 e. The quantitative estimate of drug-likeness (QED) is 0.819. The van der Waals surface area contributed by atoms with Crippen LogP contribution in [0.25, 0.3) is 0 Å². The van der Waals surface area contributed by atoms with E-state index in [1.54, 1.807) is 0 Å². The summed E-state index contributed by atoms with van der Waals surface area (Å²) in [5.74, 6) is 1.48. The zero-order chi connectivity index (χ0) is 12.1. The third-order valence-corrected chi connectivity index (χ3v) is 4.72. The number of halogens is 1. The van der Waals surface area contributed by atoms with Crippen LogP contribution in [0.3, 0.4) is 0 Å². The van der Waals surface area contributed by atoms with Gasteiger partial charge in [-0.3, -0.25) is 0 Å². The first-order valence-electron chi connectivity index (χ1n) is 6.77. The predicted molar refractivity (Wildman–Crippen MR) is 77.1 cm³/mol. The first-order chi connectivity index (χ1) is 8.33. The van der Waals surface area contributed by atoms with Crippen LogP contribution in [0.5, 0.6) is 0 Å². The minimum absolute atomic E-state index is 0.705. The molecule has 17 heavy (non-hydrogen) atoms. The SMILES string of the molecule is NCCC1CCCCCC1c1ccccc1Br. The second-order valence-electron chi connectivity index (χ2n) is 5.10. The fourth-order valence-corrected chi connectivity index (χ4v) is 3.71. The van der Waals surface area contributed by atoms with Crippen molar-refractivity contribution in [3.8, 4) is 0 Å². The summed E-state index contributed by atoms with van der Waals surface area (Å²) < 4.78 is 1.27. The van der Waals surface area contributed by atoms with Gasteiger partial charge in [-0.15, -0.1) is 0 Å². The fourth-order valence-electron chi connectivity index (χ4n) is 3.13. The fraction of sp³-hybridized carbons (Fsp3) is 0.600. The molecule has 2 unspecified atom stereocenters. The van der Waals surface area contributed by atoms with Gasteiger partial charge in [-0.25, -0.2) is 0 Å². The lowest BCUT2D eigenvalue weighted by molar-refractivity contribution is 0.377. The van der Waals surface area contributed by atoms with Crippen molar-refractivity contribution in [2.24, 2.45) is 11.7 Å². The van der Waals surface area contributed by atoms with Gasteiger partial charge in [0.05, 0.1) is 0 Å². The maximum Gasteiger partial charge on any atom is 0.0210 e. The minimum Gasteiger partial charge on any atom is -0.330 e. The Morgan fingerprint density at radius 3 is 2.65 bits per heavy atom. The minimum atomic E-state index is 0.705. The molecule has 2 rings (SSSR count). The normalized spacial score (nSPS) is 25.5. The molecule has 0 bridgehead atoms. The second kappa shape index (κ2) is 6.55. The van der Waals surface area contributed by atoms with E-state index in [1.165, 1.54) is 48.6 Å². The number of rotatable bonds is 3. The van der Waals surface area contributed by atoms with E-state index in [0.717, 1.165) is 12.5 Å². The smallest absolute Gasteiger partial charge is 0.0210 e. The van der Waals surface area contributed by atoms with Gasteiger partial charge >= 0.3 is 0 Å². The molecule has 2 N–H and O–H groups in total. The molecule has 1 aliphatic rings. The summed E-state index contributed by atoms with van der Waals surface area (Å²) >= 11 is 3.70.